The summed E-state index contributed by atoms with van der Waals surface area (Å²) >= 11 is 1.59. The number of morpholine rings is 1. The SMILES string of the molecule is N#Cc1cccnc1N1CCO[C@@H](c2nccs2)C1. The molecule has 5 nitrogen and oxygen atoms in total. The van der Waals surface area contributed by atoms with E-state index in [1.165, 1.54) is 0 Å². The van der Waals surface area contributed by atoms with Crippen LogP contribution < -0.4 is 4.90 Å². The summed E-state index contributed by atoms with van der Waals surface area (Å²) in [5.41, 5.74) is 0.599. The fourth-order valence-corrected chi connectivity index (χ4v) is 2.80. The molecule has 1 aliphatic heterocycles. The normalized spacial score (nSPS) is 19.1. The molecular weight excluding hydrogens is 260 g/mol. The predicted octanol–water partition coefficient (Wildman–Crippen LogP) is 1.99. The van der Waals surface area contributed by atoms with E-state index in [1.807, 2.05) is 5.38 Å². The second-order valence-electron chi connectivity index (χ2n) is 4.16. The smallest absolute Gasteiger partial charge is 0.146 e. The Morgan fingerprint density at radius 3 is 3.16 bits per heavy atom. The van der Waals surface area contributed by atoms with Gasteiger partial charge in [0.05, 0.1) is 18.7 Å². The molecule has 1 aliphatic rings. The Labute approximate surface area is 115 Å². The van der Waals surface area contributed by atoms with Gasteiger partial charge in [0.2, 0.25) is 0 Å². The highest BCUT2D eigenvalue weighted by atomic mass is 32.1. The van der Waals surface area contributed by atoms with Crippen molar-refractivity contribution >= 4 is 17.2 Å². The van der Waals surface area contributed by atoms with Crippen LogP contribution in [0.3, 0.4) is 0 Å². The van der Waals surface area contributed by atoms with Gasteiger partial charge in [0.1, 0.15) is 23.0 Å². The van der Waals surface area contributed by atoms with Gasteiger partial charge in [-0.2, -0.15) is 5.26 Å². The van der Waals surface area contributed by atoms with E-state index in [9.17, 15) is 0 Å². The van der Waals surface area contributed by atoms with E-state index in [0.717, 1.165) is 17.4 Å². The number of anilines is 1. The summed E-state index contributed by atoms with van der Waals surface area (Å²) in [6, 6.07) is 5.75. The summed E-state index contributed by atoms with van der Waals surface area (Å²) in [7, 11) is 0. The molecule has 0 N–H and O–H groups in total. The van der Waals surface area contributed by atoms with Crippen molar-refractivity contribution in [2.24, 2.45) is 0 Å². The highest BCUT2D eigenvalue weighted by Gasteiger charge is 2.25. The highest BCUT2D eigenvalue weighted by Crippen LogP contribution is 2.27. The zero-order chi connectivity index (χ0) is 13.1. The molecule has 0 radical (unpaired) electrons. The number of nitrogens with zero attached hydrogens (tertiary/aromatic N) is 4. The molecule has 1 saturated heterocycles. The third-order valence-corrected chi connectivity index (χ3v) is 3.87. The van der Waals surface area contributed by atoms with Crippen molar-refractivity contribution in [3.63, 3.8) is 0 Å². The number of hydrogen-bond acceptors (Lipinski definition) is 6. The van der Waals surface area contributed by atoms with Gasteiger partial charge in [0.25, 0.3) is 0 Å². The average Bonchev–Trinajstić information content (AvgIpc) is 3.01. The first kappa shape index (κ1) is 12.1. The maximum absolute atomic E-state index is 9.14. The Hall–Kier alpha value is -1.97. The van der Waals surface area contributed by atoms with Crippen LogP contribution in [-0.2, 0) is 4.74 Å². The van der Waals surface area contributed by atoms with E-state index in [4.69, 9.17) is 10.00 Å². The number of pyridine rings is 1. The molecule has 3 rings (SSSR count). The minimum absolute atomic E-state index is 0.0395. The number of rotatable bonds is 2. The van der Waals surface area contributed by atoms with E-state index in [2.05, 4.69) is 20.9 Å². The first-order valence-electron chi connectivity index (χ1n) is 5.99. The zero-order valence-electron chi connectivity index (χ0n) is 10.2. The van der Waals surface area contributed by atoms with Gasteiger partial charge >= 0.3 is 0 Å². The molecule has 1 atom stereocenters. The molecule has 0 aliphatic carbocycles. The molecule has 6 heteroatoms. The molecule has 2 aromatic heterocycles. The van der Waals surface area contributed by atoms with Crippen LogP contribution >= 0.6 is 11.3 Å². The molecule has 0 amide bonds. The molecule has 19 heavy (non-hydrogen) atoms. The van der Waals surface area contributed by atoms with Gasteiger partial charge in [-0.1, -0.05) is 0 Å². The minimum Gasteiger partial charge on any atom is -0.367 e. The van der Waals surface area contributed by atoms with Crippen LogP contribution in [-0.4, -0.2) is 29.7 Å². The second kappa shape index (κ2) is 5.34. The quantitative estimate of drug-likeness (QED) is 0.836. The van der Waals surface area contributed by atoms with Crippen molar-refractivity contribution in [3.8, 4) is 6.07 Å². The predicted molar refractivity (Wildman–Crippen MR) is 72.0 cm³/mol. The Kier molecular flexibility index (Phi) is 3.40. The van der Waals surface area contributed by atoms with Crippen molar-refractivity contribution in [2.45, 2.75) is 6.10 Å². The molecular formula is C13H12N4OS. The number of thiazole rings is 1. The van der Waals surface area contributed by atoms with E-state index in [0.29, 0.717) is 18.7 Å². The van der Waals surface area contributed by atoms with Crippen molar-refractivity contribution in [1.29, 1.82) is 5.26 Å². The maximum Gasteiger partial charge on any atom is 0.146 e. The molecule has 0 saturated carbocycles. The summed E-state index contributed by atoms with van der Waals surface area (Å²) in [6.07, 6.45) is 3.45. The summed E-state index contributed by atoms with van der Waals surface area (Å²) in [6.45, 7) is 2.04. The van der Waals surface area contributed by atoms with Crippen LogP contribution in [0, 0.1) is 11.3 Å². The number of nitriles is 1. The van der Waals surface area contributed by atoms with Crippen LogP contribution in [0.2, 0.25) is 0 Å². The molecule has 3 heterocycles. The van der Waals surface area contributed by atoms with Crippen molar-refractivity contribution in [2.75, 3.05) is 24.6 Å². The van der Waals surface area contributed by atoms with Crippen molar-refractivity contribution < 1.29 is 4.74 Å². The lowest BCUT2D eigenvalue weighted by Gasteiger charge is -2.33. The van der Waals surface area contributed by atoms with E-state index in [1.54, 1.807) is 35.9 Å². The van der Waals surface area contributed by atoms with Crippen LogP contribution in [0.1, 0.15) is 16.7 Å². The summed E-state index contributed by atoms with van der Waals surface area (Å²) < 4.78 is 5.74. The van der Waals surface area contributed by atoms with Gasteiger partial charge in [-0.3, -0.25) is 0 Å². The van der Waals surface area contributed by atoms with Gasteiger partial charge in [-0.15, -0.1) is 11.3 Å². The first-order valence-corrected chi connectivity index (χ1v) is 6.87. The summed E-state index contributed by atoms with van der Waals surface area (Å²) in [5, 5.41) is 12.1. The Morgan fingerprint density at radius 1 is 1.42 bits per heavy atom. The lowest BCUT2D eigenvalue weighted by molar-refractivity contribution is 0.0393. The van der Waals surface area contributed by atoms with E-state index in [-0.39, 0.29) is 6.10 Å². The van der Waals surface area contributed by atoms with Crippen LogP contribution in [0.25, 0.3) is 0 Å². The molecule has 0 bridgehead atoms. The standard InChI is InChI=1S/C13H12N4OS/c14-8-10-2-1-3-15-12(10)17-5-6-18-11(9-17)13-16-4-7-19-13/h1-4,7,11H,5-6,9H2/t11-/m1/s1. The van der Waals surface area contributed by atoms with Crippen LogP contribution in [0.5, 0.6) is 0 Å². The highest BCUT2D eigenvalue weighted by molar-refractivity contribution is 7.09. The number of ether oxygens (including phenoxy) is 1. The second-order valence-corrected chi connectivity index (χ2v) is 5.09. The van der Waals surface area contributed by atoms with Gasteiger partial charge in [-0.05, 0) is 12.1 Å². The van der Waals surface area contributed by atoms with Gasteiger partial charge in [-0.25, -0.2) is 9.97 Å². The number of aromatic nitrogens is 2. The molecule has 0 unspecified atom stereocenters. The topological polar surface area (TPSA) is 62.0 Å². The summed E-state index contributed by atoms with van der Waals surface area (Å²) in [4.78, 5) is 10.7. The lowest BCUT2D eigenvalue weighted by atomic mass is 10.2. The van der Waals surface area contributed by atoms with Crippen LogP contribution in [0.15, 0.2) is 29.9 Å². The Balaban J connectivity index is 1.84. The molecule has 0 aromatic carbocycles. The zero-order valence-corrected chi connectivity index (χ0v) is 11.0. The Bertz CT molecular complexity index is 593. The first-order chi connectivity index (χ1) is 9.38. The van der Waals surface area contributed by atoms with E-state index >= 15 is 0 Å². The molecule has 2 aromatic rings. The lowest BCUT2D eigenvalue weighted by Crippen LogP contribution is -2.39. The van der Waals surface area contributed by atoms with Crippen LogP contribution in [0.4, 0.5) is 5.82 Å². The maximum atomic E-state index is 9.14. The van der Waals surface area contributed by atoms with Crippen molar-refractivity contribution in [1.82, 2.24) is 9.97 Å². The molecule has 1 fully saturated rings. The average molecular weight is 272 g/mol. The fraction of sp³-hybridized carbons (Fsp3) is 0.308. The third kappa shape index (κ3) is 2.43. The molecule has 96 valence electrons. The minimum atomic E-state index is -0.0395. The van der Waals surface area contributed by atoms with Gasteiger partial charge in [0.15, 0.2) is 0 Å². The monoisotopic (exact) mass is 272 g/mol. The van der Waals surface area contributed by atoms with Crippen molar-refractivity contribution in [3.05, 3.63) is 40.5 Å². The van der Waals surface area contributed by atoms with Gasteiger partial charge in [0, 0.05) is 24.3 Å². The number of hydrogen-bond donors (Lipinski definition) is 0. The van der Waals surface area contributed by atoms with E-state index < -0.39 is 0 Å². The van der Waals surface area contributed by atoms with Gasteiger partial charge < -0.3 is 9.64 Å². The largest absolute Gasteiger partial charge is 0.367 e. The Morgan fingerprint density at radius 2 is 2.37 bits per heavy atom. The molecule has 0 spiro atoms. The third-order valence-electron chi connectivity index (χ3n) is 3.00. The summed E-state index contributed by atoms with van der Waals surface area (Å²) in [5.74, 6) is 0.731. The fourth-order valence-electron chi connectivity index (χ4n) is 2.12.